The first-order chi connectivity index (χ1) is 13.0. The number of H-pyrrole nitrogens is 1. The van der Waals surface area contributed by atoms with Gasteiger partial charge in [-0.05, 0) is 30.0 Å². The van der Waals surface area contributed by atoms with Crippen LogP contribution in [-0.4, -0.2) is 15.8 Å². The van der Waals surface area contributed by atoms with Crippen LogP contribution in [0, 0.1) is 17.2 Å². The Morgan fingerprint density at radius 3 is 2.67 bits per heavy atom. The molecule has 0 saturated heterocycles. The van der Waals surface area contributed by atoms with Crippen molar-refractivity contribution in [1.82, 2.24) is 9.97 Å². The molecule has 2 atom stereocenters. The Morgan fingerprint density at radius 1 is 1.19 bits per heavy atom. The van der Waals surface area contributed by atoms with Crippen molar-refractivity contribution in [2.45, 2.75) is 26.2 Å². The average Bonchev–Trinajstić information content (AvgIpc) is 3.02. The van der Waals surface area contributed by atoms with Crippen LogP contribution < -0.4 is 5.32 Å². The lowest BCUT2D eigenvalue weighted by atomic mass is 9.48. The first kappa shape index (κ1) is 16.2. The number of halogens is 1. The number of pyridine rings is 1. The standard InChI is InChI=1S/C22H20FN3O/c1-22(2)14-10-15(22)21(27)17-19(14)26-18(13-8-9-24-11-16(13)23)20(17)25-12-6-4-3-5-7-12/h3-9,11,14-15,25-26H,10H2,1-2H3/t14-,15+/m1/s1. The van der Waals surface area contributed by atoms with Crippen LogP contribution in [-0.2, 0) is 0 Å². The van der Waals surface area contributed by atoms with Crippen molar-refractivity contribution >= 4 is 17.2 Å². The molecular weight excluding hydrogens is 341 g/mol. The molecule has 27 heavy (non-hydrogen) atoms. The van der Waals surface area contributed by atoms with Gasteiger partial charge in [-0.15, -0.1) is 0 Å². The van der Waals surface area contributed by atoms with Crippen molar-refractivity contribution in [2.75, 3.05) is 5.32 Å². The highest BCUT2D eigenvalue weighted by atomic mass is 19.1. The first-order valence-corrected chi connectivity index (χ1v) is 9.20. The molecule has 0 aliphatic heterocycles. The predicted molar refractivity (Wildman–Crippen MR) is 103 cm³/mol. The molecule has 2 aromatic heterocycles. The third-order valence-corrected chi connectivity index (χ3v) is 6.29. The number of Topliss-reactive ketones (excluding diaryl/α,β-unsaturated/α-hetero) is 1. The molecule has 3 aromatic rings. The lowest BCUT2D eigenvalue weighted by Gasteiger charge is -2.54. The number of aromatic nitrogens is 2. The van der Waals surface area contributed by atoms with Crippen molar-refractivity contribution in [3.8, 4) is 11.3 Å². The number of carbonyl (C=O) groups is 1. The van der Waals surface area contributed by atoms with Gasteiger partial charge in [-0.25, -0.2) is 4.39 Å². The van der Waals surface area contributed by atoms with Crippen molar-refractivity contribution in [2.24, 2.45) is 11.3 Å². The van der Waals surface area contributed by atoms with E-state index in [0.717, 1.165) is 17.8 Å². The molecule has 3 aliphatic carbocycles. The second-order valence-corrected chi connectivity index (χ2v) is 8.04. The summed E-state index contributed by atoms with van der Waals surface area (Å²) >= 11 is 0. The number of nitrogens with zero attached hydrogens (tertiary/aromatic N) is 1. The van der Waals surface area contributed by atoms with Gasteiger partial charge in [0.05, 0.1) is 23.1 Å². The molecule has 1 aromatic carbocycles. The summed E-state index contributed by atoms with van der Waals surface area (Å²) in [5, 5.41) is 3.37. The normalized spacial score (nSPS) is 22.1. The van der Waals surface area contributed by atoms with Gasteiger partial charge in [-0.1, -0.05) is 32.0 Å². The van der Waals surface area contributed by atoms with Gasteiger partial charge in [0.25, 0.3) is 0 Å². The van der Waals surface area contributed by atoms with Gasteiger partial charge in [0.15, 0.2) is 11.6 Å². The maximum Gasteiger partial charge on any atom is 0.170 e. The van der Waals surface area contributed by atoms with E-state index < -0.39 is 5.82 Å². The lowest BCUT2D eigenvalue weighted by molar-refractivity contribution is 0.0196. The molecule has 0 amide bonds. The molecule has 2 bridgehead atoms. The van der Waals surface area contributed by atoms with E-state index in [2.05, 4.69) is 29.1 Å². The number of ketones is 1. The number of aromatic amines is 1. The zero-order valence-electron chi connectivity index (χ0n) is 15.2. The highest BCUT2D eigenvalue weighted by molar-refractivity contribution is 6.10. The number of anilines is 2. The Morgan fingerprint density at radius 2 is 1.96 bits per heavy atom. The minimum atomic E-state index is -0.411. The molecule has 6 rings (SSSR count). The van der Waals surface area contributed by atoms with Crippen LogP contribution >= 0.6 is 0 Å². The van der Waals surface area contributed by atoms with Crippen LogP contribution in [0.4, 0.5) is 15.8 Å². The molecule has 4 nitrogen and oxygen atoms in total. The van der Waals surface area contributed by atoms with Crippen molar-refractivity contribution in [3.05, 3.63) is 65.9 Å². The zero-order valence-corrected chi connectivity index (χ0v) is 15.2. The van der Waals surface area contributed by atoms with Gasteiger partial charge < -0.3 is 10.3 Å². The van der Waals surface area contributed by atoms with E-state index in [9.17, 15) is 9.18 Å². The largest absolute Gasteiger partial charge is 0.356 e. The molecule has 0 radical (unpaired) electrons. The molecule has 2 N–H and O–H groups in total. The fraction of sp³-hybridized carbons (Fsp3) is 0.273. The van der Waals surface area contributed by atoms with Gasteiger partial charge in [0.2, 0.25) is 0 Å². The van der Waals surface area contributed by atoms with Gasteiger partial charge in [0, 0.05) is 35.0 Å². The maximum atomic E-state index is 14.5. The Bertz CT molecular complexity index is 1050. The molecular formula is C22H20FN3O. The number of carbonyl (C=O) groups excluding carboxylic acids is 1. The minimum absolute atomic E-state index is 0.0252. The highest BCUT2D eigenvalue weighted by Crippen LogP contribution is 2.63. The van der Waals surface area contributed by atoms with Crippen LogP contribution in [0.15, 0.2) is 48.8 Å². The Labute approximate surface area is 156 Å². The SMILES string of the molecule is CC1(C)[C@@H]2C[C@H]1C(=O)c1c2[nH]c(-c2ccncc2F)c1Nc1ccccc1. The topological polar surface area (TPSA) is 57.8 Å². The molecule has 2 heterocycles. The number of para-hydroxylation sites is 1. The summed E-state index contributed by atoms with van der Waals surface area (Å²) in [4.78, 5) is 20.5. The maximum absolute atomic E-state index is 14.5. The van der Waals surface area contributed by atoms with E-state index in [1.54, 1.807) is 12.3 Å². The minimum Gasteiger partial charge on any atom is -0.356 e. The Balaban J connectivity index is 1.73. The number of hydrogen-bond donors (Lipinski definition) is 2. The summed E-state index contributed by atoms with van der Waals surface area (Å²) in [6.07, 6.45) is 3.63. The fourth-order valence-corrected chi connectivity index (χ4v) is 4.64. The van der Waals surface area contributed by atoms with Crippen LogP contribution in [0.1, 0.15) is 42.2 Å². The molecule has 0 unspecified atom stereocenters. The summed E-state index contributed by atoms with van der Waals surface area (Å²) in [5.41, 5.74) is 4.11. The highest BCUT2D eigenvalue weighted by Gasteiger charge is 2.58. The van der Waals surface area contributed by atoms with E-state index in [1.807, 2.05) is 30.3 Å². The average molecular weight is 361 g/mol. The third kappa shape index (κ3) is 2.21. The second kappa shape index (κ2) is 5.52. The molecule has 3 aliphatic rings. The molecule has 136 valence electrons. The fourth-order valence-electron chi connectivity index (χ4n) is 4.64. The first-order valence-electron chi connectivity index (χ1n) is 9.20. The lowest BCUT2D eigenvalue weighted by Crippen LogP contribution is -2.51. The van der Waals surface area contributed by atoms with Crippen LogP contribution in [0.3, 0.4) is 0 Å². The molecule has 1 saturated carbocycles. The summed E-state index contributed by atoms with van der Waals surface area (Å²) in [5.74, 6) is 0.0431. The van der Waals surface area contributed by atoms with Crippen molar-refractivity contribution < 1.29 is 9.18 Å². The quantitative estimate of drug-likeness (QED) is 0.667. The Kier molecular flexibility index (Phi) is 3.32. The summed E-state index contributed by atoms with van der Waals surface area (Å²) < 4.78 is 14.5. The van der Waals surface area contributed by atoms with E-state index >= 15 is 0 Å². The summed E-state index contributed by atoms with van der Waals surface area (Å²) in [6, 6.07) is 11.3. The van der Waals surface area contributed by atoms with Gasteiger partial charge in [-0.2, -0.15) is 0 Å². The van der Waals surface area contributed by atoms with Gasteiger partial charge >= 0.3 is 0 Å². The van der Waals surface area contributed by atoms with Gasteiger partial charge in [-0.3, -0.25) is 9.78 Å². The van der Waals surface area contributed by atoms with Crippen LogP contribution in [0.5, 0.6) is 0 Å². The van der Waals surface area contributed by atoms with E-state index in [1.165, 1.54) is 6.20 Å². The number of hydrogen-bond acceptors (Lipinski definition) is 3. The summed E-state index contributed by atoms with van der Waals surface area (Å²) in [7, 11) is 0. The predicted octanol–water partition coefficient (Wildman–Crippen LogP) is 5.29. The van der Waals surface area contributed by atoms with Crippen LogP contribution in [0.2, 0.25) is 0 Å². The zero-order chi connectivity index (χ0) is 18.8. The van der Waals surface area contributed by atoms with Gasteiger partial charge in [0.1, 0.15) is 0 Å². The molecule has 5 heteroatoms. The van der Waals surface area contributed by atoms with Crippen molar-refractivity contribution in [3.63, 3.8) is 0 Å². The summed E-state index contributed by atoms with van der Waals surface area (Å²) in [6.45, 7) is 4.29. The number of benzene rings is 1. The van der Waals surface area contributed by atoms with Crippen molar-refractivity contribution in [1.29, 1.82) is 0 Å². The smallest absolute Gasteiger partial charge is 0.170 e. The van der Waals surface area contributed by atoms with E-state index in [4.69, 9.17) is 0 Å². The third-order valence-electron chi connectivity index (χ3n) is 6.29. The number of nitrogens with one attached hydrogen (secondary N) is 2. The molecule has 0 spiro atoms. The second-order valence-electron chi connectivity index (χ2n) is 8.04. The van der Waals surface area contributed by atoms with E-state index in [-0.39, 0.29) is 23.0 Å². The number of rotatable bonds is 3. The van der Waals surface area contributed by atoms with Crippen LogP contribution in [0.25, 0.3) is 11.3 Å². The van der Waals surface area contributed by atoms with E-state index in [0.29, 0.717) is 22.5 Å². The molecule has 1 fully saturated rings. The Hall–Kier alpha value is -2.95. The monoisotopic (exact) mass is 361 g/mol.